The van der Waals surface area contributed by atoms with Gasteiger partial charge in [0.2, 0.25) is 0 Å². The van der Waals surface area contributed by atoms with Crippen LogP contribution in [0.1, 0.15) is 33.6 Å². The van der Waals surface area contributed by atoms with Gasteiger partial charge in [-0.25, -0.2) is 0 Å². The lowest BCUT2D eigenvalue weighted by Gasteiger charge is -2.24. The van der Waals surface area contributed by atoms with Gasteiger partial charge in [0.15, 0.2) is 0 Å². The van der Waals surface area contributed by atoms with Gasteiger partial charge in [0, 0.05) is 23.2 Å². The Bertz CT molecular complexity index is 756. The van der Waals surface area contributed by atoms with Crippen LogP contribution in [-0.2, 0) is 0 Å². The number of benzene rings is 2. The van der Waals surface area contributed by atoms with E-state index in [1.807, 2.05) is 0 Å². The van der Waals surface area contributed by atoms with E-state index in [0.29, 0.717) is 21.8 Å². The number of carbonyl (C=O) groups excluding carboxylic acids is 2. The molecule has 1 atom stereocenters. The number of halogens is 1. The van der Waals surface area contributed by atoms with Crippen LogP contribution in [0.3, 0.4) is 0 Å². The normalized spacial score (nSPS) is 16.9. The van der Waals surface area contributed by atoms with Crippen molar-refractivity contribution in [2.45, 2.75) is 18.9 Å². The van der Waals surface area contributed by atoms with Crippen LogP contribution in [0.2, 0.25) is 5.02 Å². The van der Waals surface area contributed by atoms with Gasteiger partial charge in [-0.3, -0.25) is 9.59 Å². The second kappa shape index (κ2) is 8.14. The van der Waals surface area contributed by atoms with Gasteiger partial charge in [0.1, 0.15) is 0 Å². The van der Waals surface area contributed by atoms with Gasteiger partial charge < -0.3 is 16.0 Å². The predicted octanol–water partition coefficient (Wildman–Crippen LogP) is 3.07. The number of anilines is 1. The van der Waals surface area contributed by atoms with E-state index in [1.54, 1.807) is 48.5 Å². The highest BCUT2D eigenvalue weighted by atomic mass is 35.5. The van der Waals surface area contributed by atoms with Crippen molar-refractivity contribution in [1.82, 2.24) is 10.6 Å². The average Bonchev–Trinajstić information content (AvgIpc) is 2.63. The fourth-order valence-electron chi connectivity index (χ4n) is 2.82. The van der Waals surface area contributed by atoms with Gasteiger partial charge in [-0.2, -0.15) is 0 Å². The molecule has 3 N–H and O–H groups in total. The molecule has 1 fully saturated rings. The maximum atomic E-state index is 12.6. The van der Waals surface area contributed by atoms with Crippen LogP contribution in [0, 0.1) is 0 Å². The summed E-state index contributed by atoms with van der Waals surface area (Å²) in [5, 5.41) is 9.67. The van der Waals surface area contributed by atoms with E-state index >= 15 is 0 Å². The minimum atomic E-state index is -0.281. The Morgan fingerprint density at radius 2 is 1.80 bits per heavy atom. The molecular formula is C19H20ClN3O2. The number of hydrogen-bond acceptors (Lipinski definition) is 3. The van der Waals surface area contributed by atoms with Crippen molar-refractivity contribution in [2.75, 3.05) is 18.4 Å². The summed E-state index contributed by atoms with van der Waals surface area (Å²) < 4.78 is 0. The Balaban J connectivity index is 1.72. The molecule has 0 bridgehead atoms. The highest BCUT2D eigenvalue weighted by Crippen LogP contribution is 2.18. The molecule has 1 aliphatic rings. The monoisotopic (exact) mass is 357 g/mol. The molecule has 0 unspecified atom stereocenters. The minimum absolute atomic E-state index is 0.112. The van der Waals surface area contributed by atoms with Crippen molar-refractivity contribution >= 4 is 29.1 Å². The number of rotatable bonds is 4. The van der Waals surface area contributed by atoms with Crippen LogP contribution in [0.25, 0.3) is 0 Å². The molecule has 2 aromatic rings. The molecule has 6 heteroatoms. The van der Waals surface area contributed by atoms with Gasteiger partial charge in [0.25, 0.3) is 11.8 Å². The number of nitrogens with one attached hydrogen (secondary N) is 3. The number of para-hydroxylation sites is 1. The first-order valence-corrected chi connectivity index (χ1v) is 8.69. The molecule has 0 saturated carbocycles. The second-order valence-corrected chi connectivity index (χ2v) is 6.46. The molecule has 5 nitrogen and oxygen atoms in total. The molecule has 25 heavy (non-hydrogen) atoms. The SMILES string of the molecule is O=C(Nc1ccccc1C(=O)N[C@H]1CCCNC1)c1ccc(Cl)cc1. The summed E-state index contributed by atoms with van der Waals surface area (Å²) in [6.45, 7) is 1.76. The Morgan fingerprint density at radius 1 is 1.04 bits per heavy atom. The zero-order valence-electron chi connectivity index (χ0n) is 13.7. The molecule has 2 aromatic carbocycles. The van der Waals surface area contributed by atoms with Gasteiger partial charge in [-0.05, 0) is 55.8 Å². The molecule has 0 spiro atoms. The summed E-state index contributed by atoms with van der Waals surface area (Å²) in [6, 6.07) is 13.7. The maximum Gasteiger partial charge on any atom is 0.255 e. The van der Waals surface area contributed by atoms with E-state index in [4.69, 9.17) is 11.6 Å². The number of piperidine rings is 1. The summed E-state index contributed by atoms with van der Waals surface area (Å²) in [4.78, 5) is 25.0. The molecule has 0 radical (unpaired) electrons. The van der Waals surface area contributed by atoms with Crippen LogP contribution in [0.4, 0.5) is 5.69 Å². The van der Waals surface area contributed by atoms with E-state index in [9.17, 15) is 9.59 Å². The van der Waals surface area contributed by atoms with Gasteiger partial charge in [-0.1, -0.05) is 23.7 Å². The quantitative estimate of drug-likeness (QED) is 0.787. The molecule has 0 aromatic heterocycles. The van der Waals surface area contributed by atoms with E-state index < -0.39 is 0 Å². The first kappa shape index (κ1) is 17.5. The van der Waals surface area contributed by atoms with Crippen molar-refractivity contribution in [3.8, 4) is 0 Å². The van der Waals surface area contributed by atoms with Crippen LogP contribution in [0.15, 0.2) is 48.5 Å². The Kier molecular flexibility index (Phi) is 5.68. The lowest BCUT2D eigenvalue weighted by molar-refractivity contribution is 0.0931. The Hall–Kier alpha value is -2.37. The van der Waals surface area contributed by atoms with E-state index in [1.165, 1.54) is 0 Å². The van der Waals surface area contributed by atoms with Crippen LogP contribution in [-0.4, -0.2) is 30.9 Å². The molecular weight excluding hydrogens is 338 g/mol. The molecule has 130 valence electrons. The number of carbonyl (C=O) groups is 2. The van der Waals surface area contributed by atoms with Crippen LogP contribution < -0.4 is 16.0 Å². The summed E-state index contributed by atoms with van der Waals surface area (Å²) >= 11 is 5.85. The molecule has 1 saturated heterocycles. The topological polar surface area (TPSA) is 70.2 Å². The van der Waals surface area contributed by atoms with Gasteiger partial charge >= 0.3 is 0 Å². The van der Waals surface area contributed by atoms with Crippen LogP contribution >= 0.6 is 11.6 Å². The molecule has 2 amide bonds. The smallest absolute Gasteiger partial charge is 0.255 e. The zero-order valence-corrected chi connectivity index (χ0v) is 14.5. The van der Waals surface area contributed by atoms with Crippen molar-refractivity contribution < 1.29 is 9.59 Å². The average molecular weight is 358 g/mol. The second-order valence-electron chi connectivity index (χ2n) is 6.02. The third-order valence-electron chi connectivity index (χ3n) is 4.16. The Morgan fingerprint density at radius 3 is 2.52 bits per heavy atom. The first-order chi connectivity index (χ1) is 12.1. The van der Waals surface area contributed by atoms with Crippen molar-refractivity contribution in [3.05, 3.63) is 64.7 Å². The fraction of sp³-hybridized carbons (Fsp3) is 0.263. The molecule has 1 heterocycles. The van der Waals surface area contributed by atoms with Gasteiger partial charge in [-0.15, -0.1) is 0 Å². The molecule has 3 rings (SSSR count). The standard InChI is InChI=1S/C19H20ClN3O2/c20-14-9-7-13(8-10-14)18(24)23-17-6-2-1-5-16(17)19(25)22-15-4-3-11-21-12-15/h1-2,5-10,15,21H,3-4,11-12H2,(H,22,25)(H,23,24)/t15-/m0/s1. The predicted molar refractivity (Wildman–Crippen MR) is 99.2 cm³/mol. The Labute approximate surface area is 151 Å². The minimum Gasteiger partial charge on any atom is -0.348 e. The van der Waals surface area contributed by atoms with Crippen LogP contribution in [0.5, 0.6) is 0 Å². The van der Waals surface area contributed by atoms with E-state index in [2.05, 4.69) is 16.0 Å². The highest BCUT2D eigenvalue weighted by molar-refractivity contribution is 6.30. The van der Waals surface area contributed by atoms with E-state index in [0.717, 1.165) is 25.9 Å². The van der Waals surface area contributed by atoms with Crippen molar-refractivity contribution in [3.63, 3.8) is 0 Å². The third kappa shape index (κ3) is 4.59. The summed E-state index contributed by atoms with van der Waals surface area (Å²) in [6.07, 6.45) is 2.00. The lowest BCUT2D eigenvalue weighted by atomic mass is 10.1. The van der Waals surface area contributed by atoms with Crippen molar-refractivity contribution in [2.24, 2.45) is 0 Å². The van der Waals surface area contributed by atoms with Gasteiger partial charge in [0.05, 0.1) is 11.3 Å². The van der Waals surface area contributed by atoms with E-state index in [-0.39, 0.29) is 17.9 Å². The van der Waals surface area contributed by atoms with Crippen molar-refractivity contribution in [1.29, 1.82) is 0 Å². The molecule has 0 aliphatic carbocycles. The fourth-order valence-corrected chi connectivity index (χ4v) is 2.95. The first-order valence-electron chi connectivity index (χ1n) is 8.31. The molecule has 1 aliphatic heterocycles. The highest BCUT2D eigenvalue weighted by Gasteiger charge is 2.19. The third-order valence-corrected chi connectivity index (χ3v) is 4.41. The lowest BCUT2D eigenvalue weighted by Crippen LogP contribution is -2.45. The number of hydrogen-bond donors (Lipinski definition) is 3. The summed E-state index contributed by atoms with van der Waals surface area (Å²) in [7, 11) is 0. The zero-order chi connectivity index (χ0) is 17.6. The summed E-state index contributed by atoms with van der Waals surface area (Å²) in [5.74, 6) is -0.461. The summed E-state index contributed by atoms with van der Waals surface area (Å²) in [5.41, 5.74) is 1.43. The largest absolute Gasteiger partial charge is 0.348 e. The maximum absolute atomic E-state index is 12.6. The number of amides is 2.